The number of rotatable bonds is 12. The largest absolute Gasteiger partial charge is 0.573 e. The van der Waals surface area contributed by atoms with Crippen LogP contribution in [-0.2, 0) is 14.3 Å². The van der Waals surface area contributed by atoms with Crippen molar-refractivity contribution in [1.29, 1.82) is 0 Å². The van der Waals surface area contributed by atoms with E-state index in [9.17, 15) is 22.8 Å². The van der Waals surface area contributed by atoms with Crippen molar-refractivity contribution in [3.8, 4) is 16.9 Å². The fourth-order valence-corrected chi connectivity index (χ4v) is 3.63. The maximum absolute atomic E-state index is 12.6. The molecule has 0 heterocycles. The number of esters is 1. The molecule has 0 aliphatic carbocycles. The Hall–Kier alpha value is -3.03. The molecule has 0 atom stereocenters. The van der Waals surface area contributed by atoms with Gasteiger partial charge < -0.3 is 14.4 Å². The molecule has 0 unspecified atom stereocenters. The molecule has 2 rings (SSSR count). The maximum atomic E-state index is 12.6. The number of anilines is 1. The van der Waals surface area contributed by atoms with Gasteiger partial charge in [-0.05, 0) is 41.8 Å². The molecule has 8 heteroatoms. The molecule has 1 amide bonds. The van der Waals surface area contributed by atoms with Crippen LogP contribution in [0.3, 0.4) is 0 Å². The van der Waals surface area contributed by atoms with E-state index in [-0.39, 0.29) is 5.75 Å². The third-order valence-electron chi connectivity index (χ3n) is 5.44. The van der Waals surface area contributed by atoms with Crippen molar-refractivity contribution in [3.63, 3.8) is 0 Å². The monoisotopic (exact) mass is 479 g/mol. The summed E-state index contributed by atoms with van der Waals surface area (Å²) in [4.78, 5) is 25.9. The fourth-order valence-electron chi connectivity index (χ4n) is 3.63. The zero-order chi connectivity index (χ0) is 25.0. The van der Waals surface area contributed by atoms with E-state index in [2.05, 4.69) is 16.4 Å². The van der Waals surface area contributed by atoms with Crippen molar-refractivity contribution >= 4 is 17.6 Å². The number of unbranched alkanes of at least 4 members (excludes halogenated alkanes) is 7. The molecule has 2 aromatic rings. The van der Waals surface area contributed by atoms with Gasteiger partial charge in [-0.3, -0.25) is 4.79 Å². The summed E-state index contributed by atoms with van der Waals surface area (Å²) in [6.07, 6.45) is 4.14. The van der Waals surface area contributed by atoms with Crippen molar-refractivity contribution in [2.24, 2.45) is 0 Å². The number of alkyl halides is 3. The Morgan fingerprint density at radius 3 is 1.79 bits per heavy atom. The van der Waals surface area contributed by atoms with Gasteiger partial charge in [0.15, 0.2) is 0 Å². The van der Waals surface area contributed by atoms with Crippen molar-refractivity contribution in [2.45, 2.75) is 64.7 Å². The first-order chi connectivity index (χ1) is 16.2. The van der Waals surface area contributed by atoms with Gasteiger partial charge in [-0.2, -0.15) is 0 Å². The molecule has 0 spiro atoms. The second kappa shape index (κ2) is 13.6. The predicted octanol–water partition coefficient (Wildman–Crippen LogP) is 6.90. The Morgan fingerprint density at radius 1 is 0.794 bits per heavy atom. The van der Waals surface area contributed by atoms with Gasteiger partial charge in [0.1, 0.15) is 5.75 Å². The van der Waals surface area contributed by atoms with Crippen LogP contribution in [0.4, 0.5) is 18.9 Å². The SMILES string of the molecule is CCCCCCCCCCN(C(=O)C(=O)OC)c1ccc(-c2ccc(OC(F)(F)F)cc2)cc1. The van der Waals surface area contributed by atoms with Gasteiger partial charge in [-0.1, -0.05) is 76.1 Å². The second-order valence-electron chi connectivity index (χ2n) is 8.04. The van der Waals surface area contributed by atoms with E-state index in [4.69, 9.17) is 0 Å². The molecule has 186 valence electrons. The first kappa shape index (κ1) is 27.2. The van der Waals surface area contributed by atoms with Gasteiger partial charge in [0.05, 0.1) is 7.11 Å². The number of hydrogen-bond donors (Lipinski definition) is 0. The van der Waals surface area contributed by atoms with Crippen molar-refractivity contribution < 1.29 is 32.2 Å². The molecule has 0 N–H and O–H groups in total. The average Bonchev–Trinajstić information content (AvgIpc) is 2.82. The van der Waals surface area contributed by atoms with Gasteiger partial charge >= 0.3 is 18.2 Å². The van der Waals surface area contributed by atoms with Crippen LogP contribution in [0.25, 0.3) is 11.1 Å². The van der Waals surface area contributed by atoms with E-state index < -0.39 is 18.2 Å². The quantitative estimate of drug-likeness (QED) is 0.189. The summed E-state index contributed by atoms with van der Waals surface area (Å²) in [5, 5.41) is 0. The third kappa shape index (κ3) is 9.08. The Balaban J connectivity index is 2.02. The molecule has 0 aliphatic heterocycles. The number of carbonyl (C=O) groups excluding carboxylic acids is 2. The molecule has 2 aromatic carbocycles. The number of carbonyl (C=O) groups is 2. The Kier molecular flexibility index (Phi) is 10.9. The van der Waals surface area contributed by atoms with E-state index in [1.54, 1.807) is 24.3 Å². The minimum Gasteiger partial charge on any atom is -0.462 e. The zero-order valence-electron chi connectivity index (χ0n) is 19.7. The van der Waals surface area contributed by atoms with Gasteiger partial charge in [-0.25, -0.2) is 4.79 Å². The number of halogens is 3. The van der Waals surface area contributed by atoms with Gasteiger partial charge in [-0.15, -0.1) is 13.2 Å². The van der Waals surface area contributed by atoms with Crippen LogP contribution < -0.4 is 9.64 Å². The number of nitrogens with zero attached hydrogens (tertiary/aromatic N) is 1. The van der Waals surface area contributed by atoms with Gasteiger partial charge in [0, 0.05) is 12.2 Å². The lowest BCUT2D eigenvalue weighted by Gasteiger charge is -2.22. The van der Waals surface area contributed by atoms with Crippen LogP contribution in [0.1, 0.15) is 58.3 Å². The van der Waals surface area contributed by atoms with E-state index in [0.29, 0.717) is 17.8 Å². The summed E-state index contributed by atoms with van der Waals surface area (Å²) in [5.41, 5.74) is 1.99. The molecule has 0 radical (unpaired) electrons. The lowest BCUT2D eigenvalue weighted by Crippen LogP contribution is -2.38. The number of benzene rings is 2. The molecule has 0 saturated carbocycles. The number of amides is 1. The first-order valence-electron chi connectivity index (χ1n) is 11.6. The third-order valence-corrected chi connectivity index (χ3v) is 5.44. The highest BCUT2D eigenvalue weighted by atomic mass is 19.4. The zero-order valence-corrected chi connectivity index (χ0v) is 19.7. The first-order valence-corrected chi connectivity index (χ1v) is 11.6. The minimum atomic E-state index is -4.74. The highest BCUT2D eigenvalue weighted by molar-refractivity contribution is 6.38. The molecule has 0 saturated heterocycles. The molecule has 0 aliphatic rings. The van der Waals surface area contributed by atoms with Gasteiger partial charge in [0.2, 0.25) is 0 Å². The van der Waals surface area contributed by atoms with Crippen LogP contribution in [0.15, 0.2) is 48.5 Å². The van der Waals surface area contributed by atoms with Crippen molar-refractivity contribution in [3.05, 3.63) is 48.5 Å². The molecule has 0 aromatic heterocycles. The molecule has 0 bridgehead atoms. The van der Waals surface area contributed by atoms with E-state index >= 15 is 0 Å². The topological polar surface area (TPSA) is 55.8 Å². The number of hydrogen-bond acceptors (Lipinski definition) is 4. The molecule has 34 heavy (non-hydrogen) atoms. The lowest BCUT2D eigenvalue weighted by molar-refractivity contribution is -0.274. The van der Waals surface area contributed by atoms with Gasteiger partial charge in [0.25, 0.3) is 0 Å². The molecular weight excluding hydrogens is 447 g/mol. The number of methoxy groups -OCH3 is 1. The molecular formula is C26H32F3NO4. The Bertz CT molecular complexity index is 896. The van der Waals surface area contributed by atoms with E-state index in [0.717, 1.165) is 31.2 Å². The van der Waals surface area contributed by atoms with E-state index in [1.165, 1.54) is 62.0 Å². The lowest BCUT2D eigenvalue weighted by atomic mass is 10.0. The summed E-state index contributed by atoms with van der Waals surface area (Å²) in [6.45, 7) is 2.58. The van der Waals surface area contributed by atoms with Crippen molar-refractivity contribution in [1.82, 2.24) is 0 Å². The molecule has 5 nitrogen and oxygen atoms in total. The van der Waals surface area contributed by atoms with Crippen LogP contribution in [0, 0.1) is 0 Å². The van der Waals surface area contributed by atoms with Crippen LogP contribution >= 0.6 is 0 Å². The summed E-state index contributed by atoms with van der Waals surface area (Å²) in [5.74, 6) is -1.95. The normalized spacial score (nSPS) is 11.2. The summed E-state index contributed by atoms with van der Waals surface area (Å²) in [7, 11) is 1.17. The summed E-state index contributed by atoms with van der Waals surface area (Å²) >= 11 is 0. The summed E-state index contributed by atoms with van der Waals surface area (Å²) in [6, 6.07) is 12.4. The highest BCUT2D eigenvalue weighted by Crippen LogP contribution is 2.28. The fraction of sp³-hybridized carbons (Fsp3) is 0.462. The van der Waals surface area contributed by atoms with Crippen molar-refractivity contribution in [2.75, 3.05) is 18.6 Å². The Morgan fingerprint density at radius 2 is 1.29 bits per heavy atom. The number of ether oxygens (including phenoxy) is 2. The summed E-state index contributed by atoms with van der Waals surface area (Å²) < 4.78 is 45.5. The molecule has 0 fully saturated rings. The maximum Gasteiger partial charge on any atom is 0.573 e. The second-order valence-corrected chi connectivity index (χ2v) is 8.04. The van der Waals surface area contributed by atoms with Crippen LogP contribution in [0.5, 0.6) is 5.75 Å². The Labute approximate surface area is 198 Å². The highest BCUT2D eigenvalue weighted by Gasteiger charge is 2.31. The van der Waals surface area contributed by atoms with E-state index in [1.807, 2.05) is 0 Å². The average molecular weight is 480 g/mol. The smallest absolute Gasteiger partial charge is 0.462 e. The van der Waals surface area contributed by atoms with Crippen LogP contribution in [0.2, 0.25) is 0 Å². The predicted molar refractivity (Wildman–Crippen MR) is 126 cm³/mol. The van der Waals surface area contributed by atoms with Crippen LogP contribution in [-0.4, -0.2) is 31.9 Å². The standard InChI is InChI=1S/C26H32F3NO4/c1-3-4-5-6-7-8-9-10-19-30(24(31)25(32)33-2)22-15-11-20(12-16-22)21-13-17-23(18-14-21)34-26(27,28)29/h11-18H,3-10,19H2,1-2H3. The minimum absolute atomic E-state index is 0.298.